The van der Waals surface area contributed by atoms with E-state index in [0.717, 1.165) is 37.2 Å². The molecule has 2 rings (SSSR count). The Morgan fingerprint density at radius 1 is 1.33 bits per heavy atom. The van der Waals surface area contributed by atoms with E-state index in [2.05, 4.69) is 11.0 Å². The number of aliphatic carboxylic acids is 1. The predicted molar refractivity (Wildman–Crippen MR) is 82.3 cm³/mol. The van der Waals surface area contributed by atoms with E-state index < -0.39 is 5.97 Å². The Bertz CT molecular complexity index is 470. The first-order chi connectivity index (χ1) is 10.1. The summed E-state index contributed by atoms with van der Waals surface area (Å²) in [5, 5.41) is 18.3. The minimum Gasteiger partial charge on any atom is -0.481 e. The number of nitrogens with zero attached hydrogens (tertiary/aromatic N) is 1. The predicted octanol–water partition coefficient (Wildman–Crippen LogP) is 1.90. The molecule has 1 atom stereocenters. The number of rotatable bonds is 6. The molecule has 1 aromatic rings. The molecule has 5 nitrogen and oxygen atoms in total. The summed E-state index contributed by atoms with van der Waals surface area (Å²) in [5.41, 5.74) is 8.43. The van der Waals surface area contributed by atoms with E-state index in [-0.39, 0.29) is 18.6 Å². The van der Waals surface area contributed by atoms with Crippen LogP contribution in [0.1, 0.15) is 43.7 Å². The topological polar surface area (TPSA) is 86.8 Å². The smallest absolute Gasteiger partial charge is 0.303 e. The first kappa shape index (κ1) is 15.8. The summed E-state index contributed by atoms with van der Waals surface area (Å²) in [6, 6.07) is 7.89. The van der Waals surface area contributed by atoms with E-state index in [1.165, 1.54) is 0 Å². The van der Waals surface area contributed by atoms with Crippen LogP contribution >= 0.6 is 0 Å². The van der Waals surface area contributed by atoms with Gasteiger partial charge in [0.2, 0.25) is 0 Å². The van der Waals surface area contributed by atoms with Crippen molar-refractivity contribution in [2.75, 3.05) is 18.0 Å². The highest BCUT2D eigenvalue weighted by Gasteiger charge is 2.21. The van der Waals surface area contributed by atoms with E-state index in [0.29, 0.717) is 12.8 Å². The zero-order valence-corrected chi connectivity index (χ0v) is 12.2. The number of piperidine rings is 1. The van der Waals surface area contributed by atoms with Crippen molar-refractivity contribution in [1.82, 2.24) is 0 Å². The average Bonchev–Trinajstić information content (AvgIpc) is 2.47. The van der Waals surface area contributed by atoms with Crippen molar-refractivity contribution < 1.29 is 15.0 Å². The van der Waals surface area contributed by atoms with E-state index >= 15 is 0 Å². The highest BCUT2D eigenvalue weighted by Crippen LogP contribution is 2.29. The normalized spacial score (nSPS) is 17.7. The molecule has 1 aromatic carbocycles. The van der Waals surface area contributed by atoms with Crippen LogP contribution in [0.5, 0.6) is 0 Å². The average molecular weight is 292 g/mol. The van der Waals surface area contributed by atoms with Crippen LogP contribution in [-0.4, -0.2) is 35.4 Å². The van der Waals surface area contributed by atoms with Gasteiger partial charge < -0.3 is 20.8 Å². The Kier molecular flexibility index (Phi) is 5.59. The molecule has 0 amide bonds. The number of carboxylic acids is 1. The zero-order chi connectivity index (χ0) is 15.2. The van der Waals surface area contributed by atoms with E-state index in [4.69, 9.17) is 10.8 Å². The lowest BCUT2D eigenvalue weighted by atomic mass is 9.98. The molecule has 1 aliphatic heterocycles. The van der Waals surface area contributed by atoms with Gasteiger partial charge in [0.25, 0.3) is 0 Å². The van der Waals surface area contributed by atoms with Crippen LogP contribution in [0.4, 0.5) is 5.69 Å². The van der Waals surface area contributed by atoms with Crippen LogP contribution < -0.4 is 10.6 Å². The number of hydrogen-bond donors (Lipinski definition) is 3. The maximum absolute atomic E-state index is 10.6. The van der Waals surface area contributed by atoms with Crippen LogP contribution in [-0.2, 0) is 4.79 Å². The lowest BCUT2D eigenvalue weighted by Crippen LogP contribution is -2.36. The second-order valence-corrected chi connectivity index (χ2v) is 5.67. The zero-order valence-electron chi connectivity index (χ0n) is 12.2. The Hall–Kier alpha value is -1.59. The second kappa shape index (κ2) is 7.43. The molecule has 5 heteroatoms. The number of hydrogen-bond acceptors (Lipinski definition) is 4. The fourth-order valence-electron chi connectivity index (χ4n) is 2.82. The lowest BCUT2D eigenvalue weighted by molar-refractivity contribution is -0.137. The van der Waals surface area contributed by atoms with Crippen molar-refractivity contribution in [3.63, 3.8) is 0 Å². The molecule has 1 saturated heterocycles. The van der Waals surface area contributed by atoms with Gasteiger partial charge in [0, 0.05) is 31.2 Å². The molecule has 21 heavy (non-hydrogen) atoms. The molecule has 0 saturated carbocycles. The highest BCUT2D eigenvalue weighted by molar-refractivity contribution is 5.66. The van der Waals surface area contributed by atoms with Crippen LogP contribution in [0.3, 0.4) is 0 Å². The Balaban J connectivity index is 2.03. The van der Waals surface area contributed by atoms with Gasteiger partial charge in [0.05, 0.1) is 6.10 Å². The van der Waals surface area contributed by atoms with E-state index in [1.807, 2.05) is 18.2 Å². The van der Waals surface area contributed by atoms with Gasteiger partial charge in [-0.2, -0.15) is 0 Å². The summed E-state index contributed by atoms with van der Waals surface area (Å²) >= 11 is 0. The summed E-state index contributed by atoms with van der Waals surface area (Å²) in [6.45, 7) is 1.67. The molecule has 0 bridgehead atoms. The number of nitrogens with two attached hydrogens (primary N) is 1. The number of aliphatic hydroxyl groups is 1. The summed E-state index contributed by atoms with van der Waals surface area (Å²) in [4.78, 5) is 12.9. The highest BCUT2D eigenvalue weighted by atomic mass is 16.4. The molecular weight excluding hydrogens is 268 g/mol. The standard InChI is InChI=1S/C16H24N2O3/c17-14(5-3-7-16(20)21)13-4-1-2-6-15(13)18-10-8-12(19)9-11-18/h1-2,4,6,12,14,19H,3,5,7-11,17H2,(H,20,21)/t14-/m0/s1. The SMILES string of the molecule is N[C@@H](CCCC(=O)O)c1ccccc1N1CCC(O)CC1. The molecule has 1 aliphatic rings. The molecule has 0 unspecified atom stereocenters. The number of para-hydroxylation sites is 1. The molecule has 0 spiro atoms. The summed E-state index contributed by atoms with van der Waals surface area (Å²) in [7, 11) is 0. The first-order valence-corrected chi connectivity index (χ1v) is 7.57. The van der Waals surface area contributed by atoms with Crippen molar-refractivity contribution in [1.29, 1.82) is 0 Å². The van der Waals surface area contributed by atoms with Gasteiger partial charge in [-0.3, -0.25) is 4.79 Å². The van der Waals surface area contributed by atoms with Gasteiger partial charge >= 0.3 is 5.97 Å². The van der Waals surface area contributed by atoms with Crippen molar-refractivity contribution in [2.45, 2.75) is 44.2 Å². The van der Waals surface area contributed by atoms with E-state index in [9.17, 15) is 9.90 Å². The minimum atomic E-state index is -0.777. The Labute approximate surface area is 125 Å². The van der Waals surface area contributed by atoms with Gasteiger partial charge in [-0.15, -0.1) is 0 Å². The molecule has 1 fully saturated rings. The summed E-state index contributed by atoms with van der Waals surface area (Å²) in [6.07, 6.45) is 2.78. The van der Waals surface area contributed by atoms with Crippen molar-refractivity contribution in [2.24, 2.45) is 5.73 Å². The fraction of sp³-hybridized carbons (Fsp3) is 0.562. The summed E-state index contributed by atoms with van der Waals surface area (Å²) in [5.74, 6) is -0.777. The Morgan fingerprint density at radius 3 is 2.67 bits per heavy atom. The van der Waals surface area contributed by atoms with Crippen LogP contribution in [0.15, 0.2) is 24.3 Å². The monoisotopic (exact) mass is 292 g/mol. The van der Waals surface area contributed by atoms with Crippen LogP contribution in [0.25, 0.3) is 0 Å². The van der Waals surface area contributed by atoms with Crippen molar-refractivity contribution >= 4 is 11.7 Å². The van der Waals surface area contributed by atoms with Gasteiger partial charge in [0.15, 0.2) is 0 Å². The number of carboxylic acid groups (broad SMARTS) is 1. The van der Waals surface area contributed by atoms with Gasteiger partial charge in [0.1, 0.15) is 0 Å². The molecule has 0 radical (unpaired) electrons. The largest absolute Gasteiger partial charge is 0.481 e. The quantitative estimate of drug-likeness (QED) is 0.745. The molecule has 1 heterocycles. The summed E-state index contributed by atoms with van der Waals surface area (Å²) < 4.78 is 0. The molecule has 116 valence electrons. The van der Waals surface area contributed by atoms with Gasteiger partial charge in [-0.05, 0) is 37.3 Å². The number of anilines is 1. The maximum atomic E-state index is 10.6. The first-order valence-electron chi connectivity index (χ1n) is 7.57. The molecule has 0 aliphatic carbocycles. The number of aliphatic hydroxyl groups excluding tert-OH is 1. The lowest BCUT2D eigenvalue weighted by Gasteiger charge is -2.33. The fourth-order valence-corrected chi connectivity index (χ4v) is 2.82. The number of carbonyl (C=O) groups is 1. The van der Waals surface area contributed by atoms with Crippen LogP contribution in [0, 0.1) is 0 Å². The van der Waals surface area contributed by atoms with Crippen molar-refractivity contribution in [3.05, 3.63) is 29.8 Å². The third-order valence-corrected chi connectivity index (χ3v) is 4.05. The van der Waals surface area contributed by atoms with Gasteiger partial charge in [-0.1, -0.05) is 18.2 Å². The van der Waals surface area contributed by atoms with Crippen molar-refractivity contribution in [3.8, 4) is 0 Å². The van der Waals surface area contributed by atoms with E-state index in [1.54, 1.807) is 0 Å². The molecule has 4 N–H and O–H groups in total. The Morgan fingerprint density at radius 2 is 2.00 bits per heavy atom. The molecular formula is C16H24N2O3. The van der Waals surface area contributed by atoms with Gasteiger partial charge in [-0.25, -0.2) is 0 Å². The number of benzene rings is 1. The second-order valence-electron chi connectivity index (χ2n) is 5.67. The molecule has 0 aromatic heterocycles. The third kappa shape index (κ3) is 4.44. The third-order valence-electron chi connectivity index (χ3n) is 4.05. The van der Waals surface area contributed by atoms with Crippen LogP contribution in [0.2, 0.25) is 0 Å². The minimum absolute atomic E-state index is 0.146. The maximum Gasteiger partial charge on any atom is 0.303 e.